The van der Waals surface area contributed by atoms with Crippen molar-refractivity contribution in [2.75, 3.05) is 4.90 Å². The summed E-state index contributed by atoms with van der Waals surface area (Å²) in [4.78, 5) is 2.78. The molecule has 8 aromatic carbocycles. The summed E-state index contributed by atoms with van der Waals surface area (Å²) in [5.41, 5.74) is 16.1. The minimum absolute atomic E-state index is 0.304. The molecule has 0 bridgehead atoms. The van der Waals surface area contributed by atoms with E-state index in [-0.39, 0.29) is 0 Å². The fraction of sp³-hybridized carbons (Fsp3) is 0.133. The Balaban J connectivity index is 1.21. The normalized spacial score (nSPS) is 17.3. The molecule has 1 fully saturated rings. The van der Waals surface area contributed by atoms with E-state index in [2.05, 4.69) is 236 Å². The van der Waals surface area contributed by atoms with Crippen LogP contribution in [0.3, 0.4) is 0 Å². The van der Waals surface area contributed by atoms with E-state index in [0.717, 1.165) is 24.9 Å². The quantitative estimate of drug-likeness (QED) is 0.139. The van der Waals surface area contributed by atoms with Gasteiger partial charge in [-0.3, -0.25) is 0 Å². The molecule has 62 heavy (non-hydrogen) atoms. The summed E-state index contributed by atoms with van der Waals surface area (Å²) in [6.45, 7) is 4.43. The number of anilines is 1. The van der Waals surface area contributed by atoms with Crippen molar-refractivity contribution in [1.82, 2.24) is 4.57 Å². The van der Waals surface area contributed by atoms with E-state index in [1.807, 2.05) is 0 Å². The maximum atomic E-state index is 2.78. The first kappa shape index (κ1) is 37.8. The number of fused-ring (bicyclic) bond motifs is 2. The number of allylic oxidation sites excluding steroid dienone is 3. The van der Waals surface area contributed by atoms with E-state index in [1.165, 1.54) is 88.7 Å². The second kappa shape index (κ2) is 16.0. The minimum Gasteiger partial charge on any atom is -0.361 e. The zero-order valence-electron chi connectivity index (χ0n) is 35.5. The maximum absolute atomic E-state index is 2.78. The highest BCUT2D eigenvalue weighted by Crippen LogP contribution is 2.49. The van der Waals surface area contributed by atoms with Crippen LogP contribution in [-0.2, 0) is 0 Å². The molecule has 3 unspecified atom stereocenters. The van der Waals surface area contributed by atoms with Crippen molar-refractivity contribution < 1.29 is 0 Å². The zero-order valence-corrected chi connectivity index (χ0v) is 35.5. The van der Waals surface area contributed by atoms with E-state index in [1.54, 1.807) is 0 Å². The van der Waals surface area contributed by atoms with Gasteiger partial charge in [0.05, 0.1) is 17.4 Å². The Morgan fingerprint density at radius 3 is 1.52 bits per heavy atom. The average molecular weight is 799 g/mol. The Bertz CT molecular complexity index is 3080. The summed E-state index contributed by atoms with van der Waals surface area (Å²) in [6.07, 6.45) is 12.6. The minimum atomic E-state index is 0.304. The molecule has 0 radical (unpaired) electrons. The van der Waals surface area contributed by atoms with Gasteiger partial charge in [0.2, 0.25) is 0 Å². The van der Waals surface area contributed by atoms with Gasteiger partial charge in [-0.15, -0.1) is 0 Å². The molecule has 2 aliphatic rings. The Kier molecular flexibility index (Phi) is 9.78. The molecule has 0 amide bonds. The van der Waals surface area contributed by atoms with Crippen molar-refractivity contribution in [2.45, 2.75) is 45.2 Å². The SMILES string of the molecule is Cc1cccc(-c2c3ccc(-n4c(-c5ccccc5)ccc4-c4ccccc4)cc3c(-c3cccc(C)c3)c3ccc(N4C(c5ccccc5)CCC4C4C=CC=CC4)cc23)c1. The first-order valence-electron chi connectivity index (χ1n) is 22.3. The van der Waals surface area contributed by atoms with Crippen LogP contribution < -0.4 is 4.90 Å². The summed E-state index contributed by atoms with van der Waals surface area (Å²) >= 11 is 0. The Morgan fingerprint density at radius 1 is 0.435 bits per heavy atom. The van der Waals surface area contributed by atoms with Crippen LogP contribution in [0.1, 0.15) is 42.0 Å². The molecule has 1 saturated heterocycles. The number of nitrogens with zero attached hydrogens (tertiary/aromatic N) is 2. The molecule has 2 nitrogen and oxygen atoms in total. The molecule has 1 aliphatic carbocycles. The first-order chi connectivity index (χ1) is 30.6. The molecule has 1 aromatic heterocycles. The van der Waals surface area contributed by atoms with Crippen molar-refractivity contribution in [3.8, 4) is 50.5 Å². The molecular formula is C60H50N2. The van der Waals surface area contributed by atoms with Crippen LogP contribution in [0.15, 0.2) is 212 Å². The predicted molar refractivity (Wildman–Crippen MR) is 263 cm³/mol. The van der Waals surface area contributed by atoms with Crippen molar-refractivity contribution in [3.05, 3.63) is 229 Å². The van der Waals surface area contributed by atoms with E-state index in [4.69, 9.17) is 0 Å². The van der Waals surface area contributed by atoms with Crippen LogP contribution in [0.5, 0.6) is 0 Å². The van der Waals surface area contributed by atoms with Gasteiger partial charge in [0, 0.05) is 23.3 Å². The molecule has 9 aromatic rings. The highest BCUT2D eigenvalue weighted by Gasteiger charge is 2.38. The van der Waals surface area contributed by atoms with Gasteiger partial charge < -0.3 is 9.47 Å². The number of aryl methyl sites for hydroxylation is 2. The highest BCUT2D eigenvalue weighted by molar-refractivity contribution is 6.22. The molecule has 1 aliphatic heterocycles. The van der Waals surface area contributed by atoms with Crippen LogP contribution in [0, 0.1) is 19.8 Å². The van der Waals surface area contributed by atoms with Gasteiger partial charge in [0.25, 0.3) is 0 Å². The van der Waals surface area contributed by atoms with Gasteiger partial charge in [-0.25, -0.2) is 0 Å². The standard InChI is InChI=1S/C60H50N2/c1-41-17-15-27-47(37-41)59-51-31-29-50(62-57(45-23-11-5-12-24-45)35-36-58(62)46-25-13-6-14-26-46)40-54(51)60(48-28-16-18-42(2)38-48)52-32-30-49(39-53(52)59)61-55(43-19-7-3-8-20-43)33-34-56(61)44-21-9-4-10-22-44/h3-25,27-34,37-40,46,57-58H,26,35-36H2,1-2H3. The molecule has 11 rings (SSSR count). The van der Waals surface area contributed by atoms with Crippen LogP contribution in [0.4, 0.5) is 5.69 Å². The zero-order chi connectivity index (χ0) is 41.6. The summed E-state index contributed by atoms with van der Waals surface area (Å²) in [5.74, 6) is 0.466. The molecule has 3 atom stereocenters. The lowest BCUT2D eigenvalue weighted by molar-refractivity contribution is 0.493. The van der Waals surface area contributed by atoms with E-state index < -0.39 is 0 Å². The van der Waals surface area contributed by atoms with Crippen LogP contribution >= 0.6 is 0 Å². The van der Waals surface area contributed by atoms with Crippen molar-refractivity contribution in [3.63, 3.8) is 0 Å². The lowest BCUT2D eigenvalue weighted by Crippen LogP contribution is -2.36. The van der Waals surface area contributed by atoms with Gasteiger partial charge >= 0.3 is 0 Å². The first-order valence-corrected chi connectivity index (χ1v) is 22.3. The molecular weight excluding hydrogens is 749 g/mol. The van der Waals surface area contributed by atoms with Crippen LogP contribution in [0.2, 0.25) is 0 Å². The third-order valence-electron chi connectivity index (χ3n) is 13.4. The van der Waals surface area contributed by atoms with Crippen LogP contribution in [0.25, 0.3) is 72.0 Å². The highest BCUT2D eigenvalue weighted by atomic mass is 15.2. The fourth-order valence-electron chi connectivity index (χ4n) is 10.6. The third kappa shape index (κ3) is 6.77. The molecule has 0 N–H and O–H groups in total. The number of hydrogen-bond donors (Lipinski definition) is 0. The van der Waals surface area contributed by atoms with Gasteiger partial charge in [0.1, 0.15) is 0 Å². The fourth-order valence-corrected chi connectivity index (χ4v) is 10.6. The molecule has 300 valence electrons. The molecule has 2 heterocycles. The number of benzene rings is 8. The summed E-state index contributed by atoms with van der Waals surface area (Å²) < 4.78 is 2.45. The van der Waals surface area contributed by atoms with Gasteiger partial charge in [-0.1, -0.05) is 187 Å². The van der Waals surface area contributed by atoms with Crippen LogP contribution in [-0.4, -0.2) is 10.6 Å². The molecule has 0 spiro atoms. The lowest BCUT2D eigenvalue weighted by Gasteiger charge is -2.37. The second-order valence-corrected chi connectivity index (χ2v) is 17.3. The third-order valence-corrected chi connectivity index (χ3v) is 13.4. The Labute approximate surface area is 365 Å². The maximum Gasteiger partial charge on any atom is 0.0546 e. The van der Waals surface area contributed by atoms with E-state index in [9.17, 15) is 0 Å². The number of hydrogen-bond acceptors (Lipinski definition) is 1. The smallest absolute Gasteiger partial charge is 0.0546 e. The van der Waals surface area contributed by atoms with Crippen molar-refractivity contribution in [2.24, 2.45) is 5.92 Å². The Morgan fingerprint density at radius 2 is 0.968 bits per heavy atom. The van der Waals surface area contributed by atoms with Crippen molar-refractivity contribution >= 4 is 27.2 Å². The topological polar surface area (TPSA) is 8.17 Å². The summed E-state index contributed by atoms with van der Waals surface area (Å²) in [5, 5.41) is 5.06. The van der Waals surface area contributed by atoms with Crippen molar-refractivity contribution in [1.29, 1.82) is 0 Å². The number of aromatic nitrogens is 1. The molecule has 2 heteroatoms. The lowest BCUT2D eigenvalue weighted by atomic mass is 9.84. The summed E-state index contributed by atoms with van der Waals surface area (Å²) in [6, 6.07) is 70.9. The largest absolute Gasteiger partial charge is 0.361 e. The van der Waals surface area contributed by atoms with Gasteiger partial charge in [0.15, 0.2) is 0 Å². The van der Waals surface area contributed by atoms with E-state index in [0.29, 0.717) is 18.0 Å². The predicted octanol–water partition coefficient (Wildman–Crippen LogP) is 15.9. The summed E-state index contributed by atoms with van der Waals surface area (Å²) in [7, 11) is 0. The molecule has 0 saturated carbocycles. The second-order valence-electron chi connectivity index (χ2n) is 17.3. The average Bonchev–Trinajstić information content (AvgIpc) is 3.98. The van der Waals surface area contributed by atoms with Gasteiger partial charge in [-0.05, 0) is 130 Å². The van der Waals surface area contributed by atoms with E-state index >= 15 is 0 Å². The van der Waals surface area contributed by atoms with Gasteiger partial charge in [-0.2, -0.15) is 0 Å². The number of rotatable bonds is 8. The monoisotopic (exact) mass is 798 g/mol. The Hall–Kier alpha value is -7.16.